The van der Waals surface area contributed by atoms with Crippen LogP contribution in [0.2, 0.25) is 0 Å². The topological polar surface area (TPSA) is 65.0 Å². The normalized spacial score (nSPS) is 19.4. The molecular formula is C11H16BrN2O2S+. The van der Waals surface area contributed by atoms with Gasteiger partial charge in [-0.2, -0.15) is 4.31 Å². The molecule has 6 heteroatoms. The first-order valence-corrected chi connectivity index (χ1v) is 7.82. The Morgan fingerprint density at radius 3 is 2.53 bits per heavy atom. The number of rotatable bonds is 2. The van der Waals surface area contributed by atoms with Crippen molar-refractivity contribution in [1.82, 2.24) is 4.31 Å². The van der Waals surface area contributed by atoms with Gasteiger partial charge in [-0.1, -0.05) is 22.0 Å². The van der Waals surface area contributed by atoms with Crippen molar-refractivity contribution in [2.45, 2.75) is 23.8 Å². The molecule has 0 aromatic heterocycles. The van der Waals surface area contributed by atoms with Gasteiger partial charge in [-0.3, -0.25) is 0 Å². The molecular weight excluding hydrogens is 304 g/mol. The summed E-state index contributed by atoms with van der Waals surface area (Å²) in [7, 11) is -3.33. The summed E-state index contributed by atoms with van der Waals surface area (Å²) < 4.78 is 27.0. The summed E-state index contributed by atoms with van der Waals surface area (Å²) in [5.74, 6) is 0. The zero-order valence-electron chi connectivity index (χ0n) is 9.47. The first kappa shape index (κ1) is 13.0. The number of piperidine rings is 1. The maximum Gasteiger partial charge on any atom is 0.243 e. The summed E-state index contributed by atoms with van der Waals surface area (Å²) in [6.45, 7) is 1.14. The second kappa shape index (κ2) is 5.06. The summed E-state index contributed by atoms with van der Waals surface area (Å²) in [6.07, 6.45) is 1.68. The quantitative estimate of drug-likeness (QED) is 0.878. The summed E-state index contributed by atoms with van der Waals surface area (Å²) in [6, 6.07) is 7.22. The number of sulfonamides is 1. The molecule has 1 aliphatic heterocycles. The molecule has 0 saturated carbocycles. The van der Waals surface area contributed by atoms with Crippen LogP contribution in [0.5, 0.6) is 0 Å². The molecule has 0 bridgehead atoms. The van der Waals surface area contributed by atoms with Crippen molar-refractivity contribution >= 4 is 26.0 Å². The standard InChI is InChI=1S/C11H15BrN2O2S/c12-9-2-1-3-11(8-9)17(15,16)14-6-4-10(13)5-7-14/h1-3,8,10H,4-7,13H2/p+1. The van der Waals surface area contributed by atoms with Gasteiger partial charge in [0.2, 0.25) is 10.0 Å². The second-order valence-corrected chi connectivity index (χ2v) is 7.16. The van der Waals surface area contributed by atoms with E-state index >= 15 is 0 Å². The Morgan fingerprint density at radius 2 is 1.94 bits per heavy atom. The summed E-state index contributed by atoms with van der Waals surface area (Å²) in [5.41, 5.74) is 3.97. The molecule has 0 amide bonds. The Balaban J connectivity index is 2.25. The van der Waals surface area contributed by atoms with E-state index in [0.717, 1.165) is 17.3 Å². The van der Waals surface area contributed by atoms with Gasteiger partial charge in [-0.15, -0.1) is 0 Å². The zero-order valence-corrected chi connectivity index (χ0v) is 11.9. The summed E-state index contributed by atoms with van der Waals surface area (Å²) in [5, 5.41) is 0. The molecule has 0 spiro atoms. The SMILES string of the molecule is [NH3+]C1CCN(S(=O)(=O)c2cccc(Br)c2)CC1. The average Bonchev–Trinajstić information content (AvgIpc) is 2.29. The lowest BCUT2D eigenvalue weighted by Gasteiger charge is -2.27. The maximum absolute atomic E-state index is 12.3. The van der Waals surface area contributed by atoms with Crippen molar-refractivity contribution in [2.75, 3.05) is 13.1 Å². The van der Waals surface area contributed by atoms with Crippen LogP contribution in [0.4, 0.5) is 0 Å². The minimum absolute atomic E-state index is 0.356. The first-order chi connectivity index (χ1) is 8.00. The van der Waals surface area contributed by atoms with E-state index in [4.69, 9.17) is 0 Å². The molecule has 0 radical (unpaired) electrons. The Morgan fingerprint density at radius 1 is 1.29 bits per heavy atom. The number of hydrogen-bond donors (Lipinski definition) is 1. The van der Waals surface area contributed by atoms with Gasteiger partial charge < -0.3 is 5.73 Å². The van der Waals surface area contributed by atoms with Crippen LogP contribution in [0.3, 0.4) is 0 Å². The van der Waals surface area contributed by atoms with Crippen LogP contribution in [0, 0.1) is 0 Å². The average molecular weight is 320 g/mol. The van der Waals surface area contributed by atoms with Crippen LogP contribution in [0.25, 0.3) is 0 Å². The second-order valence-electron chi connectivity index (χ2n) is 4.30. The molecule has 1 fully saturated rings. The minimum Gasteiger partial charge on any atom is -0.355 e. The van der Waals surface area contributed by atoms with E-state index in [-0.39, 0.29) is 0 Å². The molecule has 3 N–H and O–H groups in total. The summed E-state index contributed by atoms with van der Waals surface area (Å²) in [4.78, 5) is 0.356. The maximum atomic E-state index is 12.3. The molecule has 2 rings (SSSR count). The Bertz CT molecular complexity index is 496. The number of nitrogens with zero attached hydrogens (tertiary/aromatic N) is 1. The highest BCUT2D eigenvalue weighted by molar-refractivity contribution is 9.10. The fourth-order valence-corrected chi connectivity index (χ4v) is 3.99. The van der Waals surface area contributed by atoms with Crippen molar-refractivity contribution in [3.8, 4) is 0 Å². The fourth-order valence-electron chi connectivity index (χ4n) is 1.93. The molecule has 0 atom stereocenters. The molecule has 1 aliphatic rings. The lowest BCUT2D eigenvalue weighted by Crippen LogP contribution is -2.64. The van der Waals surface area contributed by atoms with Gasteiger partial charge in [-0.05, 0) is 18.2 Å². The van der Waals surface area contributed by atoms with Crippen LogP contribution in [-0.2, 0) is 10.0 Å². The molecule has 17 heavy (non-hydrogen) atoms. The third-order valence-corrected chi connectivity index (χ3v) is 5.40. The molecule has 1 aromatic carbocycles. The molecule has 0 unspecified atom stereocenters. The van der Waals surface area contributed by atoms with Crippen molar-refractivity contribution in [1.29, 1.82) is 0 Å². The van der Waals surface area contributed by atoms with Gasteiger partial charge >= 0.3 is 0 Å². The van der Waals surface area contributed by atoms with Crippen molar-refractivity contribution in [3.05, 3.63) is 28.7 Å². The smallest absolute Gasteiger partial charge is 0.243 e. The summed E-state index contributed by atoms with van der Waals surface area (Å²) >= 11 is 3.30. The predicted molar refractivity (Wildman–Crippen MR) is 68.8 cm³/mol. The molecule has 1 saturated heterocycles. The Kier molecular flexibility index (Phi) is 3.87. The van der Waals surface area contributed by atoms with E-state index in [9.17, 15) is 8.42 Å². The van der Waals surface area contributed by atoms with Gasteiger partial charge in [0.15, 0.2) is 0 Å². The fraction of sp³-hybridized carbons (Fsp3) is 0.455. The third kappa shape index (κ3) is 2.88. The Hall–Kier alpha value is -0.430. The molecule has 1 heterocycles. The van der Waals surface area contributed by atoms with E-state index in [1.165, 1.54) is 0 Å². The molecule has 4 nitrogen and oxygen atoms in total. The highest BCUT2D eigenvalue weighted by atomic mass is 79.9. The minimum atomic E-state index is -3.33. The van der Waals surface area contributed by atoms with Crippen molar-refractivity contribution in [2.24, 2.45) is 0 Å². The van der Waals surface area contributed by atoms with Crippen molar-refractivity contribution in [3.63, 3.8) is 0 Å². The van der Waals surface area contributed by atoms with E-state index in [2.05, 4.69) is 21.7 Å². The van der Waals surface area contributed by atoms with Crippen LogP contribution in [0.15, 0.2) is 33.6 Å². The zero-order chi connectivity index (χ0) is 12.5. The van der Waals surface area contributed by atoms with Gasteiger partial charge in [0.25, 0.3) is 0 Å². The number of hydrogen-bond acceptors (Lipinski definition) is 2. The largest absolute Gasteiger partial charge is 0.355 e. The van der Waals surface area contributed by atoms with Gasteiger partial charge in [-0.25, -0.2) is 8.42 Å². The number of benzene rings is 1. The number of halogens is 1. The van der Waals surface area contributed by atoms with E-state index in [0.29, 0.717) is 24.0 Å². The van der Waals surface area contributed by atoms with Gasteiger partial charge in [0, 0.05) is 30.4 Å². The van der Waals surface area contributed by atoms with E-state index in [1.54, 1.807) is 22.5 Å². The third-order valence-electron chi connectivity index (χ3n) is 3.01. The predicted octanol–water partition coefficient (Wildman–Crippen LogP) is 0.844. The highest BCUT2D eigenvalue weighted by Gasteiger charge is 2.29. The first-order valence-electron chi connectivity index (χ1n) is 5.59. The van der Waals surface area contributed by atoms with E-state index < -0.39 is 10.0 Å². The van der Waals surface area contributed by atoms with Crippen LogP contribution < -0.4 is 5.73 Å². The Labute approximate surface area is 110 Å². The number of quaternary nitrogens is 1. The van der Waals surface area contributed by atoms with Crippen LogP contribution >= 0.6 is 15.9 Å². The lowest BCUT2D eigenvalue weighted by atomic mass is 10.1. The molecule has 0 aliphatic carbocycles. The van der Waals surface area contributed by atoms with Crippen LogP contribution in [-0.4, -0.2) is 31.9 Å². The lowest BCUT2D eigenvalue weighted by molar-refractivity contribution is -0.425. The van der Waals surface area contributed by atoms with Crippen molar-refractivity contribution < 1.29 is 14.2 Å². The monoisotopic (exact) mass is 319 g/mol. The van der Waals surface area contributed by atoms with Gasteiger partial charge in [0.05, 0.1) is 10.9 Å². The molecule has 1 aromatic rings. The van der Waals surface area contributed by atoms with Crippen LogP contribution in [0.1, 0.15) is 12.8 Å². The highest BCUT2D eigenvalue weighted by Crippen LogP contribution is 2.22. The molecule has 94 valence electrons. The van der Waals surface area contributed by atoms with E-state index in [1.807, 2.05) is 6.07 Å². The van der Waals surface area contributed by atoms with Gasteiger partial charge in [0.1, 0.15) is 0 Å².